The molecule has 0 spiro atoms. The Bertz CT molecular complexity index is 980. The molecular formula is C24H24N2O3. The van der Waals surface area contributed by atoms with E-state index < -0.39 is 0 Å². The molecule has 0 aliphatic carbocycles. The first-order valence-electron chi connectivity index (χ1n) is 9.44. The number of benzene rings is 3. The molecule has 0 aliphatic heterocycles. The fourth-order valence-corrected chi connectivity index (χ4v) is 3.02. The largest absolute Gasteiger partial charge is 0.483 e. The van der Waals surface area contributed by atoms with E-state index >= 15 is 0 Å². The predicted octanol–water partition coefficient (Wildman–Crippen LogP) is 4.50. The van der Waals surface area contributed by atoms with Gasteiger partial charge in [0.05, 0.1) is 6.42 Å². The molecule has 0 aliphatic rings. The second kappa shape index (κ2) is 9.55. The van der Waals surface area contributed by atoms with Gasteiger partial charge in [0.2, 0.25) is 5.91 Å². The standard InChI is InChI=1S/C24H24N2O3/c1-17-8-6-9-18(2)24(17)29-16-23(28)26-21-13-7-12-20(15-21)25-22(27)14-19-10-4-3-5-11-19/h3-13,15H,14,16H2,1-2H3,(H,25,27)(H,26,28). The van der Waals surface area contributed by atoms with Gasteiger partial charge in [0.15, 0.2) is 6.61 Å². The van der Waals surface area contributed by atoms with E-state index in [-0.39, 0.29) is 18.4 Å². The minimum atomic E-state index is -0.264. The van der Waals surface area contributed by atoms with Gasteiger partial charge in [-0.15, -0.1) is 0 Å². The summed E-state index contributed by atoms with van der Waals surface area (Å²) in [6.07, 6.45) is 0.293. The highest BCUT2D eigenvalue weighted by Crippen LogP contribution is 2.22. The minimum Gasteiger partial charge on any atom is -0.483 e. The van der Waals surface area contributed by atoms with Gasteiger partial charge < -0.3 is 15.4 Å². The summed E-state index contributed by atoms with van der Waals surface area (Å²) in [5.74, 6) is 0.350. The van der Waals surface area contributed by atoms with Crippen molar-refractivity contribution in [3.05, 3.63) is 89.5 Å². The number of amides is 2. The number of para-hydroxylation sites is 1. The average Bonchev–Trinajstić information content (AvgIpc) is 2.68. The summed E-state index contributed by atoms with van der Waals surface area (Å²) in [5, 5.41) is 5.65. The van der Waals surface area contributed by atoms with E-state index in [1.165, 1.54) is 0 Å². The highest BCUT2D eigenvalue weighted by atomic mass is 16.5. The lowest BCUT2D eigenvalue weighted by Crippen LogP contribution is -2.21. The van der Waals surface area contributed by atoms with Crippen molar-refractivity contribution in [2.24, 2.45) is 0 Å². The minimum absolute atomic E-state index is 0.0870. The van der Waals surface area contributed by atoms with E-state index in [4.69, 9.17) is 4.74 Å². The number of hydrogen-bond donors (Lipinski definition) is 2. The van der Waals surface area contributed by atoms with Crippen LogP contribution in [-0.4, -0.2) is 18.4 Å². The maximum Gasteiger partial charge on any atom is 0.262 e. The smallest absolute Gasteiger partial charge is 0.262 e. The van der Waals surface area contributed by atoms with Crippen molar-refractivity contribution in [3.63, 3.8) is 0 Å². The Morgan fingerprint density at radius 1 is 0.759 bits per heavy atom. The zero-order chi connectivity index (χ0) is 20.6. The van der Waals surface area contributed by atoms with Gasteiger partial charge in [0, 0.05) is 11.4 Å². The van der Waals surface area contributed by atoms with Gasteiger partial charge in [-0.1, -0.05) is 54.6 Å². The number of carbonyl (C=O) groups excluding carboxylic acids is 2. The number of rotatable bonds is 7. The fourth-order valence-electron chi connectivity index (χ4n) is 3.02. The van der Waals surface area contributed by atoms with Crippen molar-refractivity contribution in [1.29, 1.82) is 0 Å². The van der Waals surface area contributed by atoms with Crippen molar-refractivity contribution in [2.75, 3.05) is 17.2 Å². The summed E-state index contributed by atoms with van der Waals surface area (Å²) < 4.78 is 5.68. The zero-order valence-electron chi connectivity index (χ0n) is 16.6. The Balaban J connectivity index is 1.55. The van der Waals surface area contributed by atoms with Crippen LogP contribution in [0.1, 0.15) is 16.7 Å². The summed E-state index contributed by atoms with van der Waals surface area (Å²) in [6.45, 7) is 3.81. The molecule has 5 nitrogen and oxygen atoms in total. The third kappa shape index (κ3) is 5.94. The van der Waals surface area contributed by atoms with E-state index in [1.807, 2.05) is 62.4 Å². The molecule has 3 aromatic carbocycles. The number of carbonyl (C=O) groups is 2. The molecule has 0 atom stereocenters. The van der Waals surface area contributed by atoms with Crippen LogP contribution in [-0.2, 0) is 16.0 Å². The van der Waals surface area contributed by atoms with Crippen molar-refractivity contribution in [1.82, 2.24) is 0 Å². The molecule has 2 N–H and O–H groups in total. The van der Waals surface area contributed by atoms with Crippen LogP contribution in [0.25, 0.3) is 0 Å². The summed E-state index contributed by atoms with van der Waals surface area (Å²) in [4.78, 5) is 24.5. The van der Waals surface area contributed by atoms with Crippen molar-refractivity contribution < 1.29 is 14.3 Å². The topological polar surface area (TPSA) is 67.4 Å². The number of anilines is 2. The van der Waals surface area contributed by atoms with Crippen LogP contribution in [0.2, 0.25) is 0 Å². The van der Waals surface area contributed by atoms with Crippen LogP contribution in [0.15, 0.2) is 72.8 Å². The van der Waals surface area contributed by atoms with Gasteiger partial charge in [-0.3, -0.25) is 9.59 Å². The quantitative estimate of drug-likeness (QED) is 0.626. The van der Waals surface area contributed by atoms with Gasteiger partial charge in [-0.2, -0.15) is 0 Å². The lowest BCUT2D eigenvalue weighted by molar-refractivity contribution is -0.118. The van der Waals surface area contributed by atoms with E-state index in [2.05, 4.69) is 10.6 Å². The van der Waals surface area contributed by atoms with Gasteiger partial charge in [-0.25, -0.2) is 0 Å². The number of nitrogens with one attached hydrogen (secondary N) is 2. The maximum absolute atomic E-state index is 12.3. The molecule has 0 bridgehead atoms. The van der Waals surface area contributed by atoms with Crippen LogP contribution in [0.3, 0.4) is 0 Å². The Morgan fingerprint density at radius 2 is 1.34 bits per heavy atom. The molecule has 3 aromatic rings. The lowest BCUT2D eigenvalue weighted by Gasteiger charge is -2.12. The lowest BCUT2D eigenvalue weighted by atomic mass is 10.1. The molecule has 0 aromatic heterocycles. The molecule has 3 rings (SSSR count). The van der Waals surface area contributed by atoms with Gasteiger partial charge in [-0.05, 0) is 48.7 Å². The van der Waals surface area contributed by atoms with Gasteiger partial charge >= 0.3 is 0 Å². The summed E-state index contributed by atoms with van der Waals surface area (Å²) in [7, 11) is 0. The monoisotopic (exact) mass is 388 g/mol. The molecule has 0 fully saturated rings. The maximum atomic E-state index is 12.3. The van der Waals surface area contributed by atoms with Crippen LogP contribution < -0.4 is 15.4 Å². The highest BCUT2D eigenvalue weighted by Gasteiger charge is 2.09. The Hall–Kier alpha value is -3.60. The average molecular weight is 388 g/mol. The van der Waals surface area contributed by atoms with E-state index in [9.17, 15) is 9.59 Å². The van der Waals surface area contributed by atoms with Crippen molar-refractivity contribution in [3.8, 4) is 5.75 Å². The van der Waals surface area contributed by atoms with E-state index in [0.717, 1.165) is 22.4 Å². The Kier molecular flexibility index (Phi) is 6.63. The normalized spacial score (nSPS) is 10.3. The molecular weight excluding hydrogens is 364 g/mol. The van der Waals surface area contributed by atoms with Crippen LogP contribution in [0.4, 0.5) is 11.4 Å². The van der Waals surface area contributed by atoms with Crippen LogP contribution in [0, 0.1) is 13.8 Å². The third-order valence-corrected chi connectivity index (χ3v) is 4.39. The summed E-state index contributed by atoms with van der Waals surface area (Å²) in [5.41, 5.74) is 4.14. The van der Waals surface area contributed by atoms with Crippen LogP contribution in [0.5, 0.6) is 5.75 Å². The van der Waals surface area contributed by atoms with E-state index in [0.29, 0.717) is 17.8 Å². The summed E-state index contributed by atoms with van der Waals surface area (Å²) >= 11 is 0. The molecule has 0 heterocycles. The highest BCUT2D eigenvalue weighted by molar-refractivity contribution is 5.95. The predicted molar refractivity (Wildman–Crippen MR) is 115 cm³/mol. The molecule has 29 heavy (non-hydrogen) atoms. The van der Waals surface area contributed by atoms with E-state index in [1.54, 1.807) is 24.3 Å². The second-order valence-corrected chi connectivity index (χ2v) is 6.85. The number of hydrogen-bond acceptors (Lipinski definition) is 3. The van der Waals surface area contributed by atoms with Crippen LogP contribution >= 0.6 is 0 Å². The van der Waals surface area contributed by atoms with Gasteiger partial charge in [0.1, 0.15) is 5.75 Å². The molecule has 0 unspecified atom stereocenters. The second-order valence-electron chi connectivity index (χ2n) is 6.85. The molecule has 0 saturated carbocycles. The van der Waals surface area contributed by atoms with Gasteiger partial charge in [0.25, 0.3) is 5.91 Å². The Labute approximate surface area is 170 Å². The molecule has 148 valence electrons. The Morgan fingerprint density at radius 3 is 2.00 bits per heavy atom. The van der Waals surface area contributed by atoms with Crippen molar-refractivity contribution in [2.45, 2.75) is 20.3 Å². The first kappa shape index (κ1) is 20.1. The number of ether oxygens (including phenoxy) is 1. The third-order valence-electron chi connectivity index (χ3n) is 4.39. The molecule has 2 amide bonds. The summed E-state index contributed by atoms with van der Waals surface area (Å²) in [6, 6.07) is 22.4. The fraction of sp³-hybridized carbons (Fsp3) is 0.167. The molecule has 0 saturated heterocycles. The molecule has 5 heteroatoms. The zero-order valence-corrected chi connectivity index (χ0v) is 16.6. The SMILES string of the molecule is Cc1cccc(C)c1OCC(=O)Nc1cccc(NC(=O)Cc2ccccc2)c1. The first-order chi connectivity index (χ1) is 14.0. The number of aryl methyl sites for hydroxylation is 2. The molecule has 0 radical (unpaired) electrons. The first-order valence-corrected chi connectivity index (χ1v) is 9.44. The van der Waals surface area contributed by atoms with Crippen molar-refractivity contribution >= 4 is 23.2 Å².